The van der Waals surface area contributed by atoms with Gasteiger partial charge in [-0.1, -0.05) is 26.8 Å². The van der Waals surface area contributed by atoms with Gasteiger partial charge in [-0.05, 0) is 42.0 Å². The van der Waals surface area contributed by atoms with Crippen molar-refractivity contribution >= 4 is 5.78 Å². The molecule has 1 nitrogen and oxygen atoms in total. The van der Waals surface area contributed by atoms with Gasteiger partial charge in [0, 0.05) is 6.42 Å². The first-order valence-electron chi connectivity index (χ1n) is 5.65. The predicted octanol–water partition coefficient (Wildman–Crippen LogP) is 3.64. The number of halogens is 1. The maximum Gasteiger partial charge on any atom is 0.130 e. The number of hydrogen-bond donors (Lipinski definition) is 0. The van der Waals surface area contributed by atoms with Crippen molar-refractivity contribution < 1.29 is 9.18 Å². The molecule has 88 valence electrons. The molecule has 1 rings (SSSR count). The number of rotatable bonds is 4. The molecule has 2 heteroatoms. The van der Waals surface area contributed by atoms with Gasteiger partial charge in [-0.2, -0.15) is 0 Å². The zero-order chi connectivity index (χ0) is 12.3. The van der Waals surface area contributed by atoms with Crippen molar-refractivity contribution in [3.05, 3.63) is 35.1 Å². The Morgan fingerprint density at radius 1 is 1.38 bits per heavy atom. The van der Waals surface area contributed by atoms with E-state index in [-0.39, 0.29) is 17.0 Å². The SMILES string of the molecule is CCc1ccc(F)cc1C(C)(C)CC(C)=O. The highest BCUT2D eigenvalue weighted by atomic mass is 19.1. The van der Waals surface area contributed by atoms with E-state index >= 15 is 0 Å². The monoisotopic (exact) mass is 222 g/mol. The van der Waals surface area contributed by atoms with Crippen LogP contribution in [0.4, 0.5) is 4.39 Å². The molecule has 0 bridgehead atoms. The van der Waals surface area contributed by atoms with Crippen molar-refractivity contribution in [2.45, 2.75) is 46.0 Å². The highest BCUT2D eigenvalue weighted by Gasteiger charge is 2.25. The second-order valence-corrected chi connectivity index (χ2v) is 4.92. The number of Topliss-reactive ketones (excluding diaryl/α,β-unsaturated/α-hetero) is 1. The molecule has 0 spiro atoms. The standard InChI is InChI=1S/C14H19FO/c1-5-11-6-7-12(15)8-13(11)14(3,4)9-10(2)16/h6-8H,5,9H2,1-4H3. The van der Waals surface area contributed by atoms with Crippen LogP contribution < -0.4 is 0 Å². The van der Waals surface area contributed by atoms with Crippen molar-refractivity contribution in [1.82, 2.24) is 0 Å². The van der Waals surface area contributed by atoms with E-state index in [1.54, 1.807) is 13.0 Å². The Morgan fingerprint density at radius 2 is 2.00 bits per heavy atom. The highest BCUT2D eigenvalue weighted by Crippen LogP contribution is 2.31. The Kier molecular flexibility index (Phi) is 3.84. The molecule has 0 heterocycles. The van der Waals surface area contributed by atoms with Crippen LogP contribution in [0.1, 0.15) is 45.2 Å². The van der Waals surface area contributed by atoms with Crippen LogP contribution >= 0.6 is 0 Å². The number of carbonyl (C=O) groups excluding carboxylic acids is 1. The lowest BCUT2D eigenvalue weighted by Gasteiger charge is -2.26. The van der Waals surface area contributed by atoms with Crippen molar-refractivity contribution in [3.8, 4) is 0 Å². The topological polar surface area (TPSA) is 17.1 Å². The number of benzene rings is 1. The third-order valence-corrected chi connectivity index (χ3v) is 2.87. The molecular formula is C14H19FO. The molecule has 0 N–H and O–H groups in total. The van der Waals surface area contributed by atoms with Gasteiger partial charge in [0.25, 0.3) is 0 Å². The summed E-state index contributed by atoms with van der Waals surface area (Å²) in [7, 11) is 0. The smallest absolute Gasteiger partial charge is 0.130 e. The highest BCUT2D eigenvalue weighted by molar-refractivity contribution is 5.77. The van der Waals surface area contributed by atoms with Crippen LogP contribution in [0.5, 0.6) is 0 Å². The van der Waals surface area contributed by atoms with Crippen LogP contribution in [-0.4, -0.2) is 5.78 Å². The van der Waals surface area contributed by atoms with Gasteiger partial charge < -0.3 is 0 Å². The maximum absolute atomic E-state index is 13.3. The van der Waals surface area contributed by atoms with Crippen LogP contribution in [0.25, 0.3) is 0 Å². The fraction of sp³-hybridized carbons (Fsp3) is 0.500. The molecule has 1 aromatic rings. The molecule has 0 fully saturated rings. The van der Waals surface area contributed by atoms with Gasteiger partial charge in [0.1, 0.15) is 11.6 Å². The van der Waals surface area contributed by atoms with Crippen molar-refractivity contribution in [3.63, 3.8) is 0 Å². The van der Waals surface area contributed by atoms with Crippen LogP contribution in [-0.2, 0) is 16.6 Å². The van der Waals surface area contributed by atoms with E-state index in [1.165, 1.54) is 6.07 Å². The molecule has 0 unspecified atom stereocenters. The number of hydrogen-bond acceptors (Lipinski definition) is 1. The lowest BCUT2D eigenvalue weighted by Crippen LogP contribution is -2.22. The van der Waals surface area contributed by atoms with Crippen molar-refractivity contribution in [1.29, 1.82) is 0 Å². The normalized spacial score (nSPS) is 11.6. The fourth-order valence-corrected chi connectivity index (χ4v) is 2.20. The summed E-state index contributed by atoms with van der Waals surface area (Å²) in [5.41, 5.74) is 1.78. The summed E-state index contributed by atoms with van der Waals surface area (Å²) in [4.78, 5) is 11.2. The first-order chi connectivity index (χ1) is 7.36. The maximum atomic E-state index is 13.3. The number of carbonyl (C=O) groups is 1. The molecule has 0 saturated carbocycles. The molecule has 1 aromatic carbocycles. The van der Waals surface area contributed by atoms with Crippen molar-refractivity contribution in [2.24, 2.45) is 0 Å². The molecule has 0 aliphatic carbocycles. The zero-order valence-corrected chi connectivity index (χ0v) is 10.4. The summed E-state index contributed by atoms with van der Waals surface area (Å²) in [5, 5.41) is 0. The minimum Gasteiger partial charge on any atom is -0.300 e. The van der Waals surface area contributed by atoms with Gasteiger partial charge in [0.15, 0.2) is 0 Å². The summed E-state index contributed by atoms with van der Waals surface area (Å²) >= 11 is 0. The average Bonchev–Trinajstić information content (AvgIpc) is 2.15. The third-order valence-electron chi connectivity index (χ3n) is 2.87. The van der Waals surface area contributed by atoms with E-state index in [9.17, 15) is 9.18 Å². The predicted molar refractivity (Wildman–Crippen MR) is 64.1 cm³/mol. The van der Waals surface area contributed by atoms with Gasteiger partial charge >= 0.3 is 0 Å². The average molecular weight is 222 g/mol. The molecule has 16 heavy (non-hydrogen) atoms. The van der Waals surface area contributed by atoms with Crippen LogP contribution in [0.2, 0.25) is 0 Å². The van der Waals surface area contributed by atoms with Crippen LogP contribution in [0, 0.1) is 5.82 Å². The third kappa shape index (κ3) is 2.91. The quantitative estimate of drug-likeness (QED) is 0.760. The number of ketones is 1. The van der Waals surface area contributed by atoms with Gasteiger partial charge in [0.05, 0.1) is 0 Å². The molecule has 0 aromatic heterocycles. The van der Waals surface area contributed by atoms with Gasteiger partial charge in [-0.3, -0.25) is 4.79 Å². The molecular weight excluding hydrogens is 203 g/mol. The lowest BCUT2D eigenvalue weighted by molar-refractivity contribution is -0.118. The summed E-state index contributed by atoms with van der Waals surface area (Å²) in [6.45, 7) is 7.60. The summed E-state index contributed by atoms with van der Waals surface area (Å²) in [6.07, 6.45) is 1.31. The van der Waals surface area contributed by atoms with Gasteiger partial charge in [0.2, 0.25) is 0 Å². The lowest BCUT2D eigenvalue weighted by atomic mass is 9.77. The van der Waals surface area contributed by atoms with E-state index < -0.39 is 0 Å². The Hall–Kier alpha value is -1.18. The molecule has 0 atom stereocenters. The summed E-state index contributed by atoms with van der Waals surface area (Å²) in [6, 6.07) is 4.85. The minimum atomic E-state index is -0.292. The zero-order valence-electron chi connectivity index (χ0n) is 10.4. The van der Waals surface area contributed by atoms with E-state index in [1.807, 2.05) is 26.8 Å². The Balaban J connectivity index is 3.18. The van der Waals surface area contributed by atoms with Crippen molar-refractivity contribution in [2.75, 3.05) is 0 Å². The largest absolute Gasteiger partial charge is 0.300 e. The van der Waals surface area contributed by atoms with Crippen LogP contribution in [0.3, 0.4) is 0 Å². The minimum absolute atomic E-state index is 0.135. The summed E-state index contributed by atoms with van der Waals surface area (Å²) in [5.74, 6) is -0.0971. The Bertz CT molecular complexity index is 394. The van der Waals surface area contributed by atoms with E-state index in [0.29, 0.717) is 6.42 Å². The first kappa shape index (κ1) is 12.9. The second kappa shape index (κ2) is 4.77. The van der Waals surface area contributed by atoms with E-state index in [4.69, 9.17) is 0 Å². The molecule has 0 aliphatic heterocycles. The number of aryl methyl sites for hydroxylation is 1. The summed E-state index contributed by atoms with van der Waals surface area (Å²) < 4.78 is 13.3. The Labute approximate surface area is 96.7 Å². The van der Waals surface area contributed by atoms with Gasteiger partial charge in [-0.25, -0.2) is 4.39 Å². The molecule has 0 aliphatic rings. The first-order valence-corrected chi connectivity index (χ1v) is 5.65. The second-order valence-electron chi connectivity index (χ2n) is 4.92. The van der Waals surface area contributed by atoms with Gasteiger partial charge in [-0.15, -0.1) is 0 Å². The van der Waals surface area contributed by atoms with Crippen LogP contribution in [0.15, 0.2) is 18.2 Å². The molecule has 0 amide bonds. The van der Waals surface area contributed by atoms with E-state index in [2.05, 4.69) is 0 Å². The molecule has 0 saturated heterocycles. The Morgan fingerprint density at radius 3 is 2.50 bits per heavy atom. The fourth-order valence-electron chi connectivity index (χ4n) is 2.20. The van der Waals surface area contributed by atoms with E-state index in [0.717, 1.165) is 17.5 Å². The molecule has 0 radical (unpaired) electrons.